The van der Waals surface area contributed by atoms with Gasteiger partial charge in [-0.3, -0.25) is 19.7 Å². The van der Waals surface area contributed by atoms with Crippen molar-refractivity contribution in [1.29, 1.82) is 0 Å². The van der Waals surface area contributed by atoms with E-state index in [0.29, 0.717) is 23.1 Å². The maximum atomic E-state index is 13.4. The first kappa shape index (κ1) is 19.9. The minimum absolute atomic E-state index is 0.0264. The molecule has 0 saturated carbocycles. The Kier molecular flexibility index (Phi) is 4.70. The highest BCUT2D eigenvalue weighted by Gasteiger charge is 2.43. The lowest BCUT2D eigenvalue weighted by atomic mass is 9.75. The van der Waals surface area contributed by atoms with Gasteiger partial charge in [-0.15, -0.1) is 0 Å². The number of benzene rings is 3. The fourth-order valence-corrected chi connectivity index (χ4v) is 4.44. The van der Waals surface area contributed by atoms with Crippen molar-refractivity contribution in [2.75, 3.05) is 0 Å². The van der Waals surface area contributed by atoms with Crippen LogP contribution in [0.2, 0.25) is 0 Å². The van der Waals surface area contributed by atoms with Gasteiger partial charge in [0.05, 0.1) is 10.5 Å². The molecule has 158 valence electrons. The molecule has 6 nitrogen and oxygen atoms in total. The van der Waals surface area contributed by atoms with Crippen molar-refractivity contribution in [2.24, 2.45) is 0 Å². The zero-order chi connectivity index (χ0) is 22.4. The topological polar surface area (TPSA) is 86.5 Å². The van der Waals surface area contributed by atoms with Crippen LogP contribution in [0.25, 0.3) is 0 Å². The van der Waals surface area contributed by atoms with Crippen LogP contribution >= 0.6 is 0 Å². The predicted molar refractivity (Wildman–Crippen MR) is 118 cm³/mol. The summed E-state index contributed by atoms with van der Waals surface area (Å²) in [7, 11) is 0. The number of fused-ring (bicyclic) bond motifs is 1. The van der Waals surface area contributed by atoms with Gasteiger partial charge in [0.2, 0.25) is 5.78 Å². The molecule has 0 radical (unpaired) electrons. The van der Waals surface area contributed by atoms with Gasteiger partial charge in [-0.25, -0.2) is 0 Å². The van der Waals surface area contributed by atoms with Crippen LogP contribution < -0.4 is 0 Å². The summed E-state index contributed by atoms with van der Waals surface area (Å²) in [5.74, 6) is -0.885. The molecule has 0 fully saturated rings. The van der Waals surface area contributed by atoms with Gasteiger partial charge in [-0.1, -0.05) is 66.2 Å². The van der Waals surface area contributed by atoms with Gasteiger partial charge in [-0.2, -0.15) is 0 Å². The Bertz CT molecular complexity index is 1290. The van der Waals surface area contributed by atoms with E-state index in [1.165, 1.54) is 12.1 Å². The van der Waals surface area contributed by atoms with E-state index in [4.69, 9.17) is 4.74 Å². The van der Waals surface area contributed by atoms with Crippen molar-refractivity contribution in [1.82, 2.24) is 0 Å². The van der Waals surface area contributed by atoms with Crippen molar-refractivity contribution in [2.45, 2.75) is 25.4 Å². The summed E-state index contributed by atoms with van der Waals surface area (Å²) in [6.07, 6.45) is 0.0255. The van der Waals surface area contributed by atoms with E-state index in [1.54, 1.807) is 36.4 Å². The first-order valence-corrected chi connectivity index (χ1v) is 10.3. The van der Waals surface area contributed by atoms with Crippen LogP contribution in [-0.4, -0.2) is 16.5 Å². The van der Waals surface area contributed by atoms with Crippen LogP contribution in [0.15, 0.2) is 84.1 Å². The summed E-state index contributed by atoms with van der Waals surface area (Å²) in [6, 6.07) is 20.8. The molecule has 3 aromatic rings. The molecule has 0 spiro atoms. The molecule has 6 heteroatoms. The molecule has 32 heavy (non-hydrogen) atoms. The molecule has 1 aliphatic carbocycles. The third kappa shape index (κ3) is 3.21. The number of Topliss-reactive ketones (excluding diaryl/α,β-unsaturated/α-hetero) is 2. The standard InChI is InChI=1S/C26H19NO5/c1-15-6-8-17(9-7-15)22-14-21(16-10-12-18(13-11-16)27(30)31)23-24(28)19-4-2-3-5-20(19)25(29)26(23)32-22/h2-13,21-22H,14H2,1H3/t21-,22+/m0/s1. The molecule has 0 unspecified atom stereocenters. The second-order valence-electron chi connectivity index (χ2n) is 8.10. The van der Waals surface area contributed by atoms with Crippen molar-refractivity contribution in [3.8, 4) is 0 Å². The largest absolute Gasteiger partial charge is 0.481 e. The number of ketones is 2. The summed E-state index contributed by atoms with van der Waals surface area (Å²) in [4.78, 5) is 37.4. The third-order valence-electron chi connectivity index (χ3n) is 6.13. The van der Waals surface area contributed by atoms with Gasteiger partial charge >= 0.3 is 0 Å². The number of non-ortho nitro benzene ring substituents is 1. The minimum atomic E-state index is -0.459. The highest BCUT2D eigenvalue weighted by atomic mass is 16.6. The fraction of sp³-hybridized carbons (Fsp3) is 0.154. The first-order valence-electron chi connectivity index (χ1n) is 10.3. The summed E-state index contributed by atoms with van der Waals surface area (Å²) < 4.78 is 6.17. The number of carbonyl (C=O) groups excluding carboxylic acids is 2. The average Bonchev–Trinajstić information content (AvgIpc) is 2.82. The number of ether oxygens (including phenoxy) is 1. The minimum Gasteiger partial charge on any atom is -0.481 e. The number of carbonyl (C=O) groups is 2. The number of hydrogen-bond acceptors (Lipinski definition) is 5. The lowest BCUT2D eigenvalue weighted by molar-refractivity contribution is -0.384. The Labute approximate surface area is 184 Å². The van der Waals surface area contributed by atoms with Crippen molar-refractivity contribution < 1.29 is 19.2 Å². The monoisotopic (exact) mass is 425 g/mol. The van der Waals surface area contributed by atoms with Crippen molar-refractivity contribution in [3.63, 3.8) is 0 Å². The van der Waals surface area contributed by atoms with E-state index in [0.717, 1.165) is 16.7 Å². The number of rotatable bonds is 3. The number of aryl methyl sites for hydroxylation is 1. The van der Waals surface area contributed by atoms with Crippen molar-refractivity contribution >= 4 is 17.3 Å². The van der Waals surface area contributed by atoms with E-state index in [-0.39, 0.29) is 23.0 Å². The Morgan fingerprint density at radius 3 is 2.06 bits per heavy atom. The van der Waals surface area contributed by atoms with Gasteiger partial charge in [-0.05, 0) is 24.5 Å². The second-order valence-corrected chi connectivity index (χ2v) is 8.10. The summed E-state index contributed by atoms with van der Waals surface area (Å²) in [5, 5.41) is 11.1. The van der Waals surface area contributed by atoms with Gasteiger partial charge in [0.15, 0.2) is 11.5 Å². The van der Waals surface area contributed by atoms with Crippen LogP contribution in [0.4, 0.5) is 5.69 Å². The number of nitro benzene ring substituents is 1. The molecule has 2 atom stereocenters. The van der Waals surface area contributed by atoms with E-state index < -0.39 is 16.9 Å². The lowest BCUT2D eigenvalue weighted by Crippen LogP contribution is -2.32. The Hall–Kier alpha value is -4.06. The Balaban J connectivity index is 1.65. The number of nitro groups is 1. The fourth-order valence-electron chi connectivity index (χ4n) is 4.44. The molecular formula is C26H19NO5. The SMILES string of the molecule is Cc1ccc([C@H]2C[C@@H](c3ccc([N+](=O)[O-])cc3)C3=C(O2)C(=O)c2ccccc2C3=O)cc1. The Morgan fingerprint density at radius 2 is 1.44 bits per heavy atom. The highest BCUT2D eigenvalue weighted by molar-refractivity contribution is 6.26. The molecule has 0 bridgehead atoms. The summed E-state index contributed by atoms with van der Waals surface area (Å²) in [6.45, 7) is 1.99. The van der Waals surface area contributed by atoms with Gasteiger partial charge < -0.3 is 4.74 Å². The van der Waals surface area contributed by atoms with E-state index in [9.17, 15) is 19.7 Å². The third-order valence-corrected chi connectivity index (χ3v) is 6.13. The molecule has 5 rings (SSSR count). The molecular weight excluding hydrogens is 406 g/mol. The molecule has 0 saturated heterocycles. The summed E-state index contributed by atoms with van der Waals surface area (Å²) in [5.41, 5.74) is 3.75. The molecule has 1 aliphatic heterocycles. The maximum Gasteiger partial charge on any atom is 0.269 e. The molecule has 0 amide bonds. The van der Waals surface area contributed by atoms with Crippen molar-refractivity contribution in [3.05, 3.63) is 122 Å². The van der Waals surface area contributed by atoms with E-state index >= 15 is 0 Å². The normalized spacial score (nSPS) is 19.8. The van der Waals surface area contributed by atoms with Gasteiger partial charge in [0.1, 0.15) is 6.10 Å². The predicted octanol–water partition coefficient (Wildman–Crippen LogP) is 5.48. The molecule has 2 aliphatic rings. The van der Waals surface area contributed by atoms with Crippen LogP contribution in [0.3, 0.4) is 0 Å². The highest BCUT2D eigenvalue weighted by Crippen LogP contribution is 2.47. The number of nitrogens with zero attached hydrogens (tertiary/aromatic N) is 1. The van der Waals surface area contributed by atoms with Crippen LogP contribution in [0, 0.1) is 17.0 Å². The zero-order valence-electron chi connectivity index (χ0n) is 17.3. The van der Waals surface area contributed by atoms with Gasteiger partial charge in [0, 0.05) is 29.2 Å². The molecule has 1 heterocycles. The van der Waals surface area contributed by atoms with E-state index in [2.05, 4.69) is 0 Å². The molecule has 3 aromatic carbocycles. The zero-order valence-corrected chi connectivity index (χ0v) is 17.3. The average molecular weight is 425 g/mol. The second kappa shape index (κ2) is 7.57. The number of hydrogen-bond donors (Lipinski definition) is 0. The van der Waals surface area contributed by atoms with Gasteiger partial charge in [0.25, 0.3) is 5.69 Å². The molecule has 0 aromatic heterocycles. The number of allylic oxidation sites excluding steroid dienone is 2. The smallest absolute Gasteiger partial charge is 0.269 e. The quantitative estimate of drug-likeness (QED) is 0.410. The van der Waals surface area contributed by atoms with Crippen LogP contribution in [-0.2, 0) is 4.74 Å². The lowest BCUT2D eigenvalue weighted by Gasteiger charge is -2.36. The first-order chi connectivity index (χ1) is 15.4. The van der Waals surface area contributed by atoms with Crippen LogP contribution in [0.5, 0.6) is 0 Å². The Morgan fingerprint density at radius 1 is 0.844 bits per heavy atom. The maximum absolute atomic E-state index is 13.4. The summed E-state index contributed by atoms with van der Waals surface area (Å²) >= 11 is 0. The molecule has 0 N–H and O–H groups in total. The van der Waals surface area contributed by atoms with Crippen LogP contribution in [0.1, 0.15) is 55.8 Å². The van der Waals surface area contributed by atoms with E-state index in [1.807, 2.05) is 31.2 Å².